The summed E-state index contributed by atoms with van der Waals surface area (Å²) in [7, 11) is 0. The van der Waals surface area contributed by atoms with Crippen LogP contribution in [-0.4, -0.2) is 5.11 Å². The van der Waals surface area contributed by atoms with Crippen molar-refractivity contribution in [1.29, 1.82) is 0 Å². The van der Waals surface area contributed by atoms with Gasteiger partial charge in [-0.1, -0.05) is 17.7 Å². The summed E-state index contributed by atoms with van der Waals surface area (Å²) < 4.78 is 13.5. The third kappa shape index (κ3) is 2.45. The largest absolute Gasteiger partial charge is 0.384 e. The molecule has 1 aliphatic rings. The highest BCUT2D eigenvalue weighted by Gasteiger charge is 2.18. The maximum atomic E-state index is 13.5. The van der Waals surface area contributed by atoms with Crippen LogP contribution in [0.2, 0.25) is 5.02 Å². The molecule has 1 N–H and O–H groups in total. The highest BCUT2D eigenvalue weighted by Crippen LogP contribution is 2.32. The fourth-order valence-corrected chi connectivity index (χ4v) is 2.22. The normalized spacial score (nSPS) is 18.1. The van der Waals surface area contributed by atoms with Crippen LogP contribution in [-0.2, 0) is 0 Å². The highest BCUT2D eigenvalue weighted by molar-refractivity contribution is 6.30. The first-order valence-corrected chi connectivity index (χ1v) is 5.88. The first-order chi connectivity index (χ1) is 7.68. The summed E-state index contributed by atoms with van der Waals surface area (Å²) >= 11 is 5.80. The maximum absolute atomic E-state index is 13.5. The Bertz CT molecular complexity index is 414. The summed E-state index contributed by atoms with van der Waals surface area (Å²) in [6.45, 7) is 0. The van der Waals surface area contributed by atoms with Crippen LogP contribution in [0.5, 0.6) is 0 Å². The number of halogens is 2. The number of rotatable bonds is 2. The Morgan fingerprint density at radius 2 is 2.12 bits per heavy atom. The van der Waals surface area contributed by atoms with Gasteiger partial charge in [0.05, 0.1) is 0 Å². The van der Waals surface area contributed by atoms with Gasteiger partial charge < -0.3 is 5.11 Å². The predicted octanol–water partition coefficient (Wildman–Crippen LogP) is 4.01. The van der Waals surface area contributed by atoms with Gasteiger partial charge in [0.2, 0.25) is 0 Å². The molecular weight excluding hydrogens is 227 g/mol. The van der Waals surface area contributed by atoms with Gasteiger partial charge in [-0.2, -0.15) is 0 Å². The molecule has 3 heteroatoms. The van der Waals surface area contributed by atoms with Crippen LogP contribution in [0, 0.1) is 5.82 Å². The van der Waals surface area contributed by atoms with E-state index in [0.29, 0.717) is 5.02 Å². The standard InChI is InChI=1S/C13H14ClFO/c14-10-6-7-12(15)11(8-10)13(16)9-4-2-1-3-5-9/h4,6-8,13,16H,1-3,5H2. The summed E-state index contributed by atoms with van der Waals surface area (Å²) in [4.78, 5) is 0. The average Bonchev–Trinajstić information content (AvgIpc) is 2.32. The number of aliphatic hydroxyl groups is 1. The molecule has 1 unspecified atom stereocenters. The summed E-state index contributed by atoms with van der Waals surface area (Å²) in [6.07, 6.45) is 5.18. The maximum Gasteiger partial charge on any atom is 0.129 e. The number of hydrogen-bond donors (Lipinski definition) is 1. The van der Waals surface area contributed by atoms with Crippen molar-refractivity contribution in [3.63, 3.8) is 0 Å². The zero-order valence-electron chi connectivity index (χ0n) is 8.92. The van der Waals surface area contributed by atoms with Gasteiger partial charge in [-0.3, -0.25) is 0 Å². The van der Waals surface area contributed by atoms with E-state index in [2.05, 4.69) is 0 Å². The summed E-state index contributed by atoms with van der Waals surface area (Å²) in [5.74, 6) is -0.400. The van der Waals surface area contributed by atoms with E-state index in [1.165, 1.54) is 18.2 Å². The molecule has 0 saturated carbocycles. The van der Waals surface area contributed by atoms with Crippen molar-refractivity contribution in [3.8, 4) is 0 Å². The third-order valence-corrected chi connectivity index (χ3v) is 3.17. The fraction of sp³-hybridized carbons (Fsp3) is 0.385. The Kier molecular flexibility index (Phi) is 3.62. The Morgan fingerprint density at radius 1 is 1.31 bits per heavy atom. The van der Waals surface area contributed by atoms with Gasteiger partial charge in [0.1, 0.15) is 11.9 Å². The lowest BCUT2D eigenvalue weighted by molar-refractivity contribution is 0.203. The highest BCUT2D eigenvalue weighted by atomic mass is 35.5. The van der Waals surface area contributed by atoms with Crippen LogP contribution in [0.3, 0.4) is 0 Å². The van der Waals surface area contributed by atoms with E-state index in [0.717, 1.165) is 31.3 Å². The molecule has 1 aromatic carbocycles. The van der Waals surface area contributed by atoms with Gasteiger partial charge in [-0.25, -0.2) is 4.39 Å². The van der Waals surface area contributed by atoms with E-state index < -0.39 is 11.9 Å². The molecule has 0 spiro atoms. The van der Waals surface area contributed by atoms with Crippen molar-refractivity contribution < 1.29 is 9.50 Å². The average molecular weight is 241 g/mol. The Labute approximate surface area is 99.6 Å². The second-order valence-electron chi connectivity index (χ2n) is 4.09. The molecule has 2 rings (SSSR count). The van der Waals surface area contributed by atoms with Crippen molar-refractivity contribution in [2.75, 3.05) is 0 Å². The van der Waals surface area contributed by atoms with Gasteiger partial charge >= 0.3 is 0 Å². The molecule has 1 aromatic rings. The Morgan fingerprint density at radius 3 is 2.81 bits per heavy atom. The lowest BCUT2D eigenvalue weighted by atomic mass is 9.91. The molecular formula is C13H14ClFO. The van der Waals surface area contributed by atoms with E-state index in [1.54, 1.807) is 0 Å². The summed E-state index contributed by atoms with van der Waals surface area (Å²) in [6, 6.07) is 4.28. The lowest BCUT2D eigenvalue weighted by Crippen LogP contribution is -2.06. The van der Waals surface area contributed by atoms with E-state index >= 15 is 0 Å². The molecule has 0 saturated heterocycles. The monoisotopic (exact) mass is 240 g/mol. The zero-order valence-corrected chi connectivity index (χ0v) is 9.67. The Balaban J connectivity index is 2.29. The van der Waals surface area contributed by atoms with Crippen LogP contribution in [0.1, 0.15) is 37.4 Å². The fourth-order valence-electron chi connectivity index (χ4n) is 2.04. The molecule has 0 heterocycles. The van der Waals surface area contributed by atoms with Crippen LogP contribution in [0.15, 0.2) is 29.8 Å². The minimum atomic E-state index is -0.848. The molecule has 1 atom stereocenters. The molecule has 1 aliphatic carbocycles. The van der Waals surface area contributed by atoms with Gasteiger partial charge in [-0.15, -0.1) is 0 Å². The smallest absolute Gasteiger partial charge is 0.129 e. The Hall–Kier alpha value is -0.860. The van der Waals surface area contributed by atoms with Crippen LogP contribution >= 0.6 is 11.6 Å². The van der Waals surface area contributed by atoms with Crippen molar-refractivity contribution in [3.05, 3.63) is 46.3 Å². The second-order valence-corrected chi connectivity index (χ2v) is 4.53. The van der Waals surface area contributed by atoms with Crippen LogP contribution in [0.25, 0.3) is 0 Å². The molecule has 16 heavy (non-hydrogen) atoms. The molecule has 0 fully saturated rings. The van der Waals surface area contributed by atoms with E-state index in [1.807, 2.05) is 6.08 Å². The zero-order chi connectivity index (χ0) is 11.5. The number of aliphatic hydroxyl groups excluding tert-OH is 1. The molecule has 1 nitrogen and oxygen atoms in total. The summed E-state index contributed by atoms with van der Waals surface area (Å²) in [5.41, 5.74) is 1.19. The lowest BCUT2D eigenvalue weighted by Gasteiger charge is -2.19. The first-order valence-electron chi connectivity index (χ1n) is 5.50. The second kappa shape index (κ2) is 4.98. The van der Waals surface area contributed by atoms with E-state index in [9.17, 15) is 9.50 Å². The van der Waals surface area contributed by atoms with Gasteiger partial charge in [0.25, 0.3) is 0 Å². The van der Waals surface area contributed by atoms with E-state index in [4.69, 9.17) is 11.6 Å². The SMILES string of the molecule is OC(C1=CCCCC1)c1cc(Cl)ccc1F. The van der Waals surface area contributed by atoms with Crippen molar-refractivity contribution >= 4 is 11.6 Å². The molecule has 0 aliphatic heterocycles. The number of allylic oxidation sites excluding steroid dienone is 1. The number of hydrogen-bond acceptors (Lipinski definition) is 1. The molecule has 0 aromatic heterocycles. The van der Waals surface area contributed by atoms with Crippen molar-refractivity contribution in [1.82, 2.24) is 0 Å². The topological polar surface area (TPSA) is 20.2 Å². The number of benzene rings is 1. The van der Waals surface area contributed by atoms with Crippen molar-refractivity contribution in [2.24, 2.45) is 0 Å². The van der Waals surface area contributed by atoms with Gasteiger partial charge in [0.15, 0.2) is 0 Å². The van der Waals surface area contributed by atoms with Crippen molar-refractivity contribution in [2.45, 2.75) is 31.8 Å². The predicted molar refractivity (Wildman–Crippen MR) is 62.9 cm³/mol. The first kappa shape index (κ1) is 11.6. The molecule has 86 valence electrons. The third-order valence-electron chi connectivity index (χ3n) is 2.93. The minimum absolute atomic E-state index is 0.278. The van der Waals surface area contributed by atoms with Crippen LogP contribution < -0.4 is 0 Å². The molecule has 0 amide bonds. The quantitative estimate of drug-likeness (QED) is 0.775. The van der Waals surface area contributed by atoms with Crippen LogP contribution in [0.4, 0.5) is 4.39 Å². The molecule has 0 radical (unpaired) electrons. The van der Waals surface area contributed by atoms with Gasteiger partial charge in [-0.05, 0) is 49.5 Å². The van der Waals surface area contributed by atoms with E-state index in [-0.39, 0.29) is 5.56 Å². The summed E-state index contributed by atoms with van der Waals surface area (Å²) in [5, 5.41) is 10.5. The minimum Gasteiger partial charge on any atom is -0.384 e. The molecule has 0 bridgehead atoms. The van der Waals surface area contributed by atoms with Gasteiger partial charge in [0, 0.05) is 10.6 Å².